The van der Waals surface area contributed by atoms with Crippen molar-refractivity contribution in [2.24, 2.45) is 0 Å². The molecule has 0 fully saturated rings. The van der Waals surface area contributed by atoms with E-state index in [9.17, 15) is 18.0 Å². The maximum Gasteiger partial charge on any atom is 0.244 e. The molecule has 0 spiro atoms. The number of benzene rings is 2. The number of sulfonamides is 1. The molecule has 0 bridgehead atoms. The molecule has 1 atom stereocenters. The molecule has 0 saturated heterocycles. The van der Waals surface area contributed by atoms with E-state index in [0.29, 0.717) is 5.02 Å². The summed E-state index contributed by atoms with van der Waals surface area (Å²) in [5.41, 5.74) is 0.355. The highest BCUT2D eigenvalue weighted by molar-refractivity contribution is 7.92. The zero-order chi connectivity index (χ0) is 25.8. The number of carbonyl (C=O) groups is 2. The third kappa shape index (κ3) is 8.34. The van der Waals surface area contributed by atoms with Gasteiger partial charge in [-0.3, -0.25) is 13.9 Å². The average molecular weight is 549 g/mol. The van der Waals surface area contributed by atoms with Gasteiger partial charge in [-0.05, 0) is 63.6 Å². The van der Waals surface area contributed by atoms with Gasteiger partial charge in [0.05, 0.1) is 11.9 Å². The SMILES string of the molecule is C[C@@H](C(=O)NC(C)(C)C)N(Cc1ccc(Cl)cc1)C(=O)CN(c1cc(Cl)cc(Cl)c1)S(C)(=O)=O. The smallest absolute Gasteiger partial charge is 0.244 e. The van der Waals surface area contributed by atoms with Gasteiger partial charge in [0, 0.05) is 27.2 Å². The van der Waals surface area contributed by atoms with Crippen molar-refractivity contribution in [1.82, 2.24) is 10.2 Å². The first-order valence-corrected chi connectivity index (χ1v) is 13.3. The summed E-state index contributed by atoms with van der Waals surface area (Å²) in [6.45, 7) is 6.61. The molecular weight excluding hydrogens is 521 g/mol. The summed E-state index contributed by atoms with van der Waals surface area (Å²) in [7, 11) is -3.88. The van der Waals surface area contributed by atoms with E-state index in [1.165, 1.54) is 23.1 Å². The van der Waals surface area contributed by atoms with Gasteiger partial charge < -0.3 is 10.2 Å². The predicted octanol–water partition coefficient (Wildman–Crippen LogP) is 4.74. The van der Waals surface area contributed by atoms with Crippen LogP contribution in [0.4, 0.5) is 5.69 Å². The molecule has 186 valence electrons. The summed E-state index contributed by atoms with van der Waals surface area (Å²) in [6.07, 6.45) is 0.981. The second-order valence-electron chi connectivity index (χ2n) is 8.96. The summed E-state index contributed by atoms with van der Waals surface area (Å²) in [5.74, 6) is -0.945. The van der Waals surface area contributed by atoms with Gasteiger partial charge in [-0.2, -0.15) is 0 Å². The molecule has 0 aliphatic carbocycles. The third-order valence-corrected chi connectivity index (χ3v) is 6.58. The highest BCUT2D eigenvalue weighted by Crippen LogP contribution is 2.27. The number of amides is 2. The molecule has 0 aliphatic heterocycles. The lowest BCUT2D eigenvalue weighted by molar-refractivity contribution is -0.140. The Hall–Kier alpha value is -2.00. The summed E-state index contributed by atoms with van der Waals surface area (Å²) < 4.78 is 26.1. The van der Waals surface area contributed by atoms with Crippen LogP contribution in [0.5, 0.6) is 0 Å². The fraction of sp³-hybridized carbons (Fsp3) is 0.391. The Morgan fingerprint density at radius 2 is 1.50 bits per heavy atom. The van der Waals surface area contributed by atoms with Gasteiger partial charge in [0.2, 0.25) is 21.8 Å². The van der Waals surface area contributed by atoms with Crippen molar-refractivity contribution in [3.8, 4) is 0 Å². The second kappa shape index (κ2) is 11.2. The Balaban J connectivity index is 2.43. The van der Waals surface area contributed by atoms with Gasteiger partial charge in [-0.25, -0.2) is 8.42 Å². The van der Waals surface area contributed by atoms with Crippen LogP contribution < -0.4 is 9.62 Å². The first-order valence-electron chi connectivity index (χ1n) is 10.4. The van der Waals surface area contributed by atoms with E-state index in [2.05, 4.69) is 5.32 Å². The van der Waals surface area contributed by atoms with Crippen LogP contribution in [0.25, 0.3) is 0 Å². The highest BCUT2D eigenvalue weighted by Gasteiger charge is 2.31. The average Bonchev–Trinajstić information content (AvgIpc) is 2.68. The molecular formula is C23H28Cl3N3O4S. The van der Waals surface area contributed by atoms with Gasteiger partial charge in [0.15, 0.2) is 0 Å². The minimum atomic E-state index is -3.88. The van der Waals surface area contributed by atoms with Gasteiger partial charge in [-0.1, -0.05) is 46.9 Å². The zero-order valence-corrected chi connectivity index (χ0v) is 22.7. The number of nitrogens with zero attached hydrogens (tertiary/aromatic N) is 2. The lowest BCUT2D eigenvalue weighted by Crippen LogP contribution is -2.54. The third-order valence-electron chi connectivity index (χ3n) is 4.75. The van der Waals surface area contributed by atoms with E-state index in [0.717, 1.165) is 16.1 Å². The monoisotopic (exact) mass is 547 g/mol. The normalized spacial score (nSPS) is 12.7. The molecule has 2 aromatic carbocycles. The molecule has 1 N–H and O–H groups in total. The maximum absolute atomic E-state index is 13.5. The highest BCUT2D eigenvalue weighted by atomic mass is 35.5. The summed E-state index contributed by atoms with van der Waals surface area (Å²) in [5, 5.41) is 3.83. The number of carbonyl (C=O) groups excluding carboxylic acids is 2. The Bertz CT molecular complexity index is 1130. The molecule has 34 heavy (non-hydrogen) atoms. The van der Waals surface area contributed by atoms with Crippen LogP contribution in [0, 0.1) is 0 Å². The van der Waals surface area contributed by atoms with E-state index in [4.69, 9.17) is 34.8 Å². The van der Waals surface area contributed by atoms with Crippen molar-refractivity contribution in [2.45, 2.75) is 45.8 Å². The van der Waals surface area contributed by atoms with Crippen LogP contribution >= 0.6 is 34.8 Å². The first-order chi connectivity index (χ1) is 15.6. The number of hydrogen-bond acceptors (Lipinski definition) is 4. The maximum atomic E-state index is 13.5. The van der Waals surface area contributed by atoms with Crippen LogP contribution in [0.3, 0.4) is 0 Å². The van der Waals surface area contributed by atoms with Crippen LogP contribution in [-0.2, 0) is 26.2 Å². The molecule has 11 heteroatoms. The zero-order valence-electron chi connectivity index (χ0n) is 19.6. The Morgan fingerprint density at radius 3 is 1.97 bits per heavy atom. The second-order valence-corrected chi connectivity index (χ2v) is 12.2. The fourth-order valence-corrected chi connectivity index (χ4v) is 4.61. The Kier molecular flexibility index (Phi) is 9.27. The van der Waals surface area contributed by atoms with E-state index in [1.54, 1.807) is 31.2 Å². The molecule has 7 nitrogen and oxygen atoms in total. The van der Waals surface area contributed by atoms with Crippen LogP contribution in [-0.4, -0.2) is 49.5 Å². The summed E-state index contributed by atoms with van der Waals surface area (Å²) in [6, 6.07) is 10.2. The molecule has 0 radical (unpaired) electrons. The number of halogens is 3. The first kappa shape index (κ1) is 28.2. The predicted molar refractivity (Wildman–Crippen MR) is 138 cm³/mol. The van der Waals surface area contributed by atoms with Crippen LogP contribution in [0.1, 0.15) is 33.3 Å². The lowest BCUT2D eigenvalue weighted by atomic mass is 10.1. The quantitative estimate of drug-likeness (QED) is 0.516. The van der Waals surface area contributed by atoms with E-state index in [-0.39, 0.29) is 28.2 Å². The van der Waals surface area contributed by atoms with Gasteiger partial charge >= 0.3 is 0 Å². The standard InChI is InChI=1S/C23H28Cl3N3O4S/c1-15(22(31)27-23(2,3)4)28(13-16-6-8-17(24)9-7-16)21(30)14-29(34(5,32)33)20-11-18(25)10-19(26)12-20/h6-12,15H,13-14H2,1-5H3,(H,27,31)/t15-/m0/s1. The van der Waals surface area contributed by atoms with Crippen LogP contribution in [0.15, 0.2) is 42.5 Å². The largest absolute Gasteiger partial charge is 0.350 e. The topological polar surface area (TPSA) is 86.8 Å². The Morgan fingerprint density at radius 1 is 0.971 bits per heavy atom. The fourth-order valence-electron chi connectivity index (χ4n) is 3.14. The molecule has 2 amide bonds. The summed E-state index contributed by atoms with van der Waals surface area (Å²) in [4.78, 5) is 27.7. The van der Waals surface area contributed by atoms with Crippen molar-refractivity contribution in [1.29, 1.82) is 0 Å². The van der Waals surface area contributed by atoms with Crippen LogP contribution in [0.2, 0.25) is 15.1 Å². The minimum absolute atomic E-state index is 0.0721. The van der Waals surface area contributed by atoms with Gasteiger partial charge in [0.1, 0.15) is 12.6 Å². The van der Waals surface area contributed by atoms with Gasteiger partial charge in [-0.15, -0.1) is 0 Å². The molecule has 2 rings (SSSR count). The van der Waals surface area contributed by atoms with Crippen molar-refractivity contribution in [3.63, 3.8) is 0 Å². The number of hydrogen-bond donors (Lipinski definition) is 1. The Labute approximate surface area is 216 Å². The number of rotatable bonds is 8. The lowest BCUT2D eigenvalue weighted by Gasteiger charge is -2.33. The van der Waals surface area contributed by atoms with Crippen molar-refractivity contribution in [2.75, 3.05) is 17.1 Å². The van der Waals surface area contributed by atoms with Crippen molar-refractivity contribution in [3.05, 3.63) is 63.1 Å². The minimum Gasteiger partial charge on any atom is -0.350 e. The molecule has 0 unspecified atom stereocenters. The molecule has 0 saturated carbocycles. The summed E-state index contributed by atoms with van der Waals surface area (Å²) >= 11 is 18.1. The number of anilines is 1. The molecule has 0 aromatic heterocycles. The number of nitrogens with one attached hydrogen (secondary N) is 1. The molecule has 0 aliphatic rings. The van der Waals surface area contributed by atoms with E-state index < -0.39 is 34.1 Å². The molecule has 0 heterocycles. The van der Waals surface area contributed by atoms with E-state index >= 15 is 0 Å². The van der Waals surface area contributed by atoms with Crippen molar-refractivity contribution >= 4 is 62.3 Å². The van der Waals surface area contributed by atoms with Gasteiger partial charge in [0.25, 0.3) is 0 Å². The van der Waals surface area contributed by atoms with E-state index in [1.807, 2.05) is 20.8 Å². The van der Waals surface area contributed by atoms with Crippen molar-refractivity contribution < 1.29 is 18.0 Å². The molecule has 2 aromatic rings.